The molecule has 2 aromatic heterocycles. The molecule has 1 aliphatic carbocycles. The van der Waals surface area contributed by atoms with Gasteiger partial charge in [0, 0.05) is 61.6 Å². The molecule has 0 amide bonds. The minimum absolute atomic E-state index is 0.220. The molecule has 0 bridgehead atoms. The van der Waals surface area contributed by atoms with Crippen LogP contribution in [0.2, 0.25) is 0 Å². The van der Waals surface area contributed by atoms with E-state index in [0.29, 0.717) is 30.8 Å². The molecule has 2 atom stereocenters. The SMILES string of the molecule is CCc1nccn1Cc1cc(-c2ccc(C#CC3C4CN(CCC(=O)O)CC34)cc2)on1. The molecule has 0 spiro atoms. The number of piperidine rings is 1. The zero-order valence-corrected chi connectivity index (χ0v) is 18.1. The molecule has 2 fully saturated rings. The van der Waals surface area contributed by atoms with E-state index in [9.17, 15) is 4.79 Å². The standard InChI is InChI=1S/C25H26N4O3/c1-2-24-26-10-12-29(24)14-19-13-23(32-27-19)18-6-3-17(4-7-18)5-8-20-21-15-28(16-22(20)21)11-9-25(30)31/h3-4,6-7,10,12-13,20-22H,2,9,11,14-16H2,1H3,(H,30,31). The second kappa shape index (κ2) is 8.64. The van der Waals surface area contributed by atoms with E-state index in [-0.39, 0.29) is 6.42 Å². The molecular formula is C25H26N4O3. The summed E-state index contributed by atoms with van der Waals surface area (Å²) >= 11 is 0. The van der Waals surface area contributed by atoms with Gasteiger partial charge in [0.2, 0.25) is 0 Å². The Bertz CT molecular complexity index is 1160. The van der Waals surface area contributed by atoms with Crippen LogP contribution in [0, 0.1) is 29.6 Å². The van der Waals surface area contributed by atoms with Gasteiger partial charge in [-0.05, 0) is 36.1 Å². The first kappa shape index (κ1) is 20.5. The number of rotatable bonds is 7. The molecule has 3 heterocycles. The fraction of sp³-hybridized carbons (Fsp3) is 0.400. The zero-order chi connectivity index (χ0) is 22.1. The largest absolute Gasteiger partial charge is 0.481 e. The molecule has 7 heteroatoms. The van der Waals surface area contributed by atoms with Crippen LogP contribution in [0.25, 0.3) is 11.3 Å². The maximum atomic E-state index is 10.7. The lowest BCUT2D eigenvalue weighted by atomic mass is 10.1. The predicted molar refractivity (Wildman–Crippen MR) is 119 cm³/mol. The van der Waals surface area contributed by atoms with E-state index in [2.05, 4.69) is 38.4 Å². The molecule has 3 aromatic rings. The topological polar surface area (TPSA) is 84.4 Å². The van der Waals surface area contributed by atoms with Crippen LogP contribution in [0.5, 0.6) is 0 Å². The van der Waals surface area contributed by atoms with Crippen molar-refractivity contribution in [3.05, 3.63) is 59.8 Å². The van der Waals surface area contributed by atoms with Gasteiger partial charge >= 0.3 is 5.97 Å². The number of hydrogen-bond donors (Lipinski definition) is 1. The Kier molecular flexibility index (Phi) is 5.54. The number of carbonyl (C=O) groups is 1. The number of aliphatic carboxylic acids is 1. The lowest BCUT2D eigenvalue weighted by Gasteiger charge is -2.16. The van der Waals surface area contributed by atoms with Crippen LogP contribution in [0.4, 0.5) is 0 Å². The molecule has 2 unspecified atom stereocenters. The first-order valence-electron chi connectivity index (χ1n) is 11.1. The quantitative estimate of drug-likeness (QED) is 0.580. The lowest BCUT2D eigenvalue weighted by Crippen LogP contribution is -2.26. The van der Waals surface area contributed by atoms with Crippen LogP contribution in [0.15, 0.2) is 47.2 Å². The Labute approximate surface area is 187 Å². The summed E-state index contributed by atoms with van der Waals surface area (Å²) in [6, 6.07) is 10.1. The summed E-state index contributed by atoms with van der Waals surface area (Å²) in [7, 11) is 0. The summed E-state index contributed by atoms with van der Waals surface area (Å²) in [6.45, 7) is 5.33. The number of carboxylic acid groups (broad SMARTS) is 1. The van der Waals surface area contributed by atoms with Gasteiger partial charge in [0.05, 0.1) is 13.0 Å². The number of fused-ring (bicyclic) bond motifs is 1. The number of benzene rings is 1. The maximum absolute atomic E-state index is 10.7. The zero-order valence-electron chi connectivity index (χ0n) is 18.1. The van der Waals surface area contributed by atoms with Crippen molar-refractivity contribution in [2.24, 2.45) is 17.8 Å². The fourth-order valence-corrected chi connectivity index (χ4v) is 4.64. The number of carboxylic acids is 1. The molecule has 2 aliphatic rings. The van der Waals surface area contributed by atoms with Crippen molar-refractivity contribution in [3.8, 4) is 23.2 Å². The highest BCUT2D eigenvalue weighted by Crippen LogP contribution is 2.51. The van der Waals surface area contributed by atoms with Crippen LogP contribution in [0.1, 0.15) is 30.4 Å². The Morgan fingerprint density at radius 2 is 2.03 bits per heavy atom. The van der Waals surface area contributed by atoms with Crippen LogP contribution in [-0.4, -0.2) is 50.3 Å². The van der Waals surface area contributed by atoms with Crippen molar-refractivity contribution in [1.82, 2.24) is 19.6 Å². The van der Waals surface area contributed by atoms with E-state index in [1.807, 2.05) is 42.7 Å². The number of likely N-dealkylation sites (tertiary alicyclic amines) is 1. The molecule has 164 valence electrons. The average molecular weight is 431 g/mol. The molecule has 32 heavy (non-hydrogen) atoms. The Morgan fingerprint density at radius 1 is 1.25 bits per heavy atom. The number of imidazole rings is 1. The lowest BCUT2D eigenvalue weighted by molar-refractivity contribution is -0.137. The molecule has 1 saturated carbocycles. The number of hydrogen-bond acceptors (Lipinski definition) is 5. The second-order valence-corrected chi connectivity index (χ2v) is 8.61. The fourth-order valence-electron chi connectivity index (χ4n) is 4.64. The number of aryl methyl sites for hydroxylation is 1. The van der Waals surface area contributed by atoms with E-state index < -0.39 is 5.97 Å². The summed E-state index contributed by atoms with van der Waals surface area (Å²) in [5, 5.41) is 13.0. The van der Waals surface area contributed by atoms with Crippen molar-refractivity contribution in [1.29, 1.82) is 0 Å². The summed E-state index contributed by atoms with van der Waals surface area (Å²) in [4.78, 5) is 17.3. The van der Waals surface area contributed by atoms with Crippen molar-refractivity contribution >= 4 is 5.97 Å². The van der Waals surface area contributed by atoms with Crippen LogP contribution >= 0.6 is 0 Å². The minimum Gasteiger partial charge on any atom is -0.481 e. The minimum atomic E-state index is -0.726. The summed E-state index contributed by atoms with van der Waals surface area (Å²) in [5.74, 6) is 9.44. The monoisotopic (exact) mass is 430 g/mol. The van der Waals surface area contributed by atoms with Crippen molar-refractivity contribution in [2.75, 3.05) is 19.6 Å². The molecule has 0 radical (unpaired) electrons. The molecular weight excluding hydrogens is 404 g/mol. The van der Waals surface area contributed by atoms with Crippen molar-refractivity contribution < 1.29 is 14.4 Å². The van der Waals surface area contributed by atoms with Crippen molar-refractivity contribution in [2.45, 2.75) is 26.3 Å². The molecule has 7 nitrogen and oxygen atoms in total. The van der Waals surface area contributed by atoms with Gasteiger partial charge in [-0.3, -0.25) is 4.79 Å². The van der Waals surface area contributed by atoms with Crippen molar-refractivity contribution in [3.63, 3.8) is 0 Å². The molecule has 1 aromatic carbocycles. The number of aromatic nitrogens is 3. The highest BCUT2D eigenvalue weighted by Gasteiger charge is 2.54. The predicted octanol–water partition coefficient (Wildman–Crippen LogP) is 3.15. The van der Waals surface area contributed by atoms with E-state index >= 15 is 0 Å². The van der Waals surface area contributed by atoms with Gasteiger partial charge in [-0.1, -0.05) is 23.9 Å². The van der Waals surface area contributed by atoms with Gasteiger partial charge in [-0.15, -0.1) is 0 Å². The van der Waals surface area contributed by atoms with Gasteiger partial charge in [0.1, 0.15) is 11.5 Å². The first-order valence-corrected chi connectivity index (χ1v) is 11.1. The Balaban J connectivity index is 1.16. The summed E-state index contributed by atoms with van der Waals surface area (Å²) in [6.07, 6.45) is 4.87. The molecule has 1 aliphatic heterocycles. The smallest absolute Gasteiger partial charge is 0.304 e. The van der Waals surface area contributed by atoms with E-state index in [1.54, 1.807) is 0 Å². The van der Waals surface area contributed by atoms with Crippen LogP contribution < -0.4 is 0 Å². The molecule has 5 rings (SSSR count). The van der Waals surface area contributed by atoms with Crippen LogP contribution in [0.3, 0.4) is 0 Å². The van der Waals surface area contributed by atoms with E-state index in [4.69, 9.17) is 9.63 Å². The average Bonchev–Trinajstić information content (AvgIpc) is 3.28. The van der Waals surface area contributed by atoms with E-state index in [0.717, 1.165) is 47.9 Å². The summed E-state index contributed by atoms with van der Waals surface area (Å²) < 4.78 is 7.64. The second-order valence-electron chi connectivity index (χ2n) is 8.61. The van der Waals surface area contributed by atoms with Gasteiger partial charge in [-0.2, -0.15) is 0 Å². The number of nitrogens with zero attached hydrogens (tertiary/aromatic N) is 4. The third-order valence-electron chi connectivity index (χ3n) is 6.47. The Hall–Kier alpha value is -3.37. The van der Waals surface area contributed by atoms with Gasteiger partial charge in [0.15, 0.2) is 5.76 Å². The first-order chi connectivity index (χ1) is 15.6. The van der Waals surface area contributed by atoms with E-state index in [1.165, 1.54) is 0 Å². The highest BCUT2D eigenvalue weighted by molar-refractivity contribution is 5.66. The third-order valence-corrected chi connectivity index (χ3v) is 6.47. The normalized spacial score (nSPS) is 21.7. The Morgan fingerprint density at radius 3 is 2.75 bits per heavy atom. The molecule has 1 N–H and O–H groups in total. The van der Waals surface area contributed by atoms with Crippen LogP contribution in [-0.2, 0) is 17.8 Å². The highest BCUT2D eigenvalue weighted by atomic mass is 16.5. The van der Waals surface area contributed by atoms with Gasteiger partial charge < -0.3 is 19.1 Å². The summed E-state index contributed by atoms with van der Waals surface area (Å²) in [5.41, 5.74) is 2.84. The third kappa shape index (κ3) is 4.32. The van der Waals surface area contributed by atoms with Gasteiger partial charge in [0.25, 0.3) is 0 Å². The molecule has 1 saturated heterocycles. The maximum Gasteiger partial charge on any atom is 0.304 e. The van der Waals surface area contributed by atoms with Gasteiger partial charge in [-0.25, -0.2) is 4.98 Å².